The van der Waals surface area contributed by atoms with Gasteiger partial charge < -0.3 is 0 Å². The summed E-state index contributed by atoms with van der Waals surface area (Å²) in [5.41, 5.74) is 1.27. The summed E-state index contributed by atoms with van der Waals surface area (Å²) in [6.07, 6.45) is 3.63. The summed E-state index contributed by atoms with van der Waals surface area (Å²) >= 11 is 0. The highest BCUT2D eigenvalue weighted by Gasteiger charge is 2.20. The fourth-order valence-corrected chi connectivity index (χ4v) is 3.20. The lowest BCUT2D eigenvalue weighted by Crippen LogP contribution is -2.47. The first kappa shape index (κ1) is 16.4. The Balaban J connectivity index is 1.74. The van der Waals surface area contributed by atoms with Crippen molar-refractivity contribution in [2.75, 3.05) is 52.6 Å². The fourth-order valence-electron chi connectivity index (χ4n) is 2.34. The third kappa shape index (κ3) is 5.03. The van der Waals surface area contributed by atoms with Crippen molar-refractivity contribution in [3.63, 3.8) is 0 Å². The molecule has 0 aliphatic carbocycles. The molecule has 0 amide bonds. The van der Waals surface area contributed by atoms with Crippen LogP contribution >= 0.6 is 0 Å². The van der Waals surface area contributed by atoms with Crippen LogP contribution in [0.3, 0.4) is 0 Å². The number of hydrogen-bond acceptors (Lipinski definition) is 5. The van der Waals surface area contributed by atoms with Crippen molar-refractivity contribution < 1.29 is 8.42 Å². The first-order chi connectivity index (χ1) is 9.97. The van der Waals surface area contributed by atoms with Gasteiger partial charge in [-0.3, -0.25) is 14.8 Å². The molecule has 0 radical (unpaired) electrons. The third-order valence-electron chi connectivity index (χ3n) is 3.84. The molecule has 1 saturated heterocycles. The molecule has 2 rings (SSSR count). The Kier molecular flexibility index (Phi) is 5.69. The van der Waals surface area contributed by atoms with Crippen LogP contribution in [0.5, 0.6) is 0 Å². The van der Waals surface area contributed by atoms with Crippen molar-refractivity contribution >= 4 is 10.0 Å². The normalized spacial score (nSPS) is 18.2. The largest absolute Gasteiger partial charge is 0.300 e. The van der Waals surface area contributed by atoms with Crippen molar-refractivity contribution in [1.29, 1.82) is 0 Å². The Labute approximate surface area is 127 Å². The molecule has 0 unspecified atom stereocenters. The molecule has 1 aliphatic rings. The lowest BCUT2D eigenvalue weighted by molar-refractivity contribution is 0.132. The maximum atomic E-state index is 11.8. The minimum atomic E-state index is -3.09. The van der Waals surface area contributed by atoms with Gasteiger partial charge >= 0.3 is 0 Å². The van der Waals surface area contributed by atoms with E-state index in [0.29, 0.717) is 6.54 Å². The number of pyridine rings is 1. The minimum Gasteiger partial charge on any atom is -0.300 e. The molecule has 1 aliphatic heterocycles. The van der Waals surface area contributed by atoms with Crippen LogP contribution in [0.15, 0.2) is 24.5 Å². The monoisotopic (exact) mass is 312 g/mol. The van der Waals surface area contributed by atoms with E-state index in [0.717, 1.165) is 32.7 Å². The number of nitrogens with zero attached hydrogens (tertiary/aromatic N) is 4. The molecule has 0 bridgehead atoms. The Hall–Kier alpha value is -1.02. The average molecular weight is 312 g/mol. The lowest BCUT2D eigenvalue weighted by Gasteiger charge is -2.34. The molecule has 2 heterocycles. The van der Waals surface area contributed by atoms with E-state index in [9.17, 15) is 8.42 Å². The van der Waals surface area contributed by atoms with Crippen LogP contribution in [0.2, 0.25) is 0 Å². The third-order valence-corrected chi connectivity index (χ3v) is 5.65. The second-order valence-corrected chi connectivity index (χ2v) is 7.87. The maximum absolute atomic E-state index is 11.8. The second kappa shape index (κ2) is 7.31. The molecule has 0 N–H and O–H groups in total. The Bertz CT molecular complexity index is 525. The van der Waals surface area contributed by atoms with Crippen molar-refractivity contribution in [1.82, 2.24) is 19.1 Å². The Morgan fingerprint density at radius 1 is 1.10 bits per heavy atom. The summed E-state index contributed by atoms with van der Waals surface area (Å²) in [4.78, 5) is 8.65. The molecular formula is C14H24N4O2S. The van der Waals surface area contributed by atoms with E-state index < -0.39 is 10.0 Å². The first-order valence-electron chi connectivity index (χ1n) is 7.21. The molecule has 0 atom stereocenters. The molecule has 0 spiro atoms. The molecule has 118 valence electrons. The van der Waals surface area contributed by atoms with Crippen LogP contribution < -0.4 is 0 Å². The maximum Gasteiger partial charge on any atom is 0.214 e. The zero-order valence-electron chi connectivity index (χ0n) is 12.8. The van der Waals surface area contributed by atoms with Crippen molar-refractivity contribution in [3.05, 3.63) is 30.1 Å². The smallest absolute Gasteiger partial charge is 0.214 e. The standard InChI is InChI=1S/C14H24N4O2S/c1-16(2)21(19,20)12-11-17-7-9-18(10-8-17)13-14-3-5-15-6-4-14/h3-6H,7-13H2,1-2H3. The van der Waals surface area contributed by atoms with Crippen LogP contribution in [0.4, 0.5) is 0 Å². The summed E-state index contributed by atoms with van der Waals surface area (Å²) in [6.45, 7) is 5.35. The molecule has 0 saturated carbocycles. The van der Waals surface area contributed by atoms with E-state index in [2.05, 4.69) is 14.8 Å². The van der Waals surface area contributed by atoms with Gasteiger partial charge in [0.2, 0.25) is 10.0 Å². The molecule has 21 heavy (non-hydrogen) atoms. The number of piperazine rings is 1. The molecule has 1 aromatic rings. The van der Waals surface area contributed by atoms with Crippen molar-refractivity contribution in [3.8, 4) is 0 Å². The topological polar surface area (TPSA) is 56.8 Å². The van der Waals surface area contributed by atoms with E-state index in [-0.39, 0.29) is 5.75 Å². The van der Waals surface area contributed by atoms with Crippen molar-refractivity contribution in [2.45, 2.75) is 6.54 Å². The predicted molar refractivity (Wildman–Crippen MR) is 83.4 cm³/mol. The molecular weight excluding hydrogens is 288 g/mol. The highest BCUT2D eigenvalue weighted by atomic mass is 32.2. The number of rotatable bonds is 6. The summed E-state index contributed by atoms with van der Waals surface area (Å²) in [5, 5.41) is 0. The molecule has 0 aromatic carbocycles. The first-order valence-corrected chi connectivity index (χ1v) is 8.82. The average Bonchev–Trinajstić information content (AvgIpc) is 2.47. The minimum absolute atomic E-state index is 0.199. The van der Waals surface area contributed by atoms with Crippen LogP contribution in [-0.4, -0.2) is 80.1 Å². The summed E-state index contributed by atoms with van der Waals surface area (Å²) in [6, 6.07) is 4.08. The van der Waals surface area contributed by atoms with E-state index in [1.807, 2.05) is 24.5 Å². The fraction of sp³-hybridized carbons (Fsp3) is 0.643. The predicted octanol–water partition coefficient (Wildman–Crippen LogP) is 0.0906. The van der Waals surface area contributed by atoms with E-state index >= 15 is 0 Å². The SMILES string of the molecule is CN(C)S(=O)(=O)CCN1CCN(Cc2ccncc2)CC1. The van der Waals surface area contributed by atoms with Gasteiger partial charge in [-0.2, -0.15) is 0 Å². The van der Waals surface area contributed by atoms with Gasteiger partial charge in [0.05, 0.1) is 5.75 Å². The highest BCUT2D eigenvalue weighted by Crippen LogP contribution is 2.08. The van der Waals surface area contributed by atoms with Crippen LogP contribution in [0, 0.1) is 0 Å². The van der Waals surface area contributed by atoms with Gasteiger partial charge in [0, 0.05) is 65.8 Å². The zero-order valence-corrected chi connectivity index (χ0v) is 13.6. The molecule has 6 nitrogen and oxygen atoms in total. The van der Waals surface area contributed by atoms with Crippen LogP contribution in [0.25, 0.3) is 0 Å². The van der Waals surface area contributed by atoms with Gasteiger partial charge in [-0.15, -0.1) is 0 Å². The van der Waals surface area contributed by atoms with E-state index in [4.69, 9.17) is 0 Å². The Morgan fingerprint density at radius 2 is 1.67 bits per heavy atom. The van der Waals surface area contributed by atoms with Gasteiger partial charge in [0.1, 0.15) is 0 Å². The van der Waals surface area contributed by atoms with Gasteiger partial charge in [-0.25, -0.2) is 12.7 Å². The van der Waals surface area contributed by atoms with Gasteiger partial charge in [-0.05, 0) is 17.7 Å². The molecule has 1 fully saturated rings. The number of aromatic nitrogens is 1. The van der Waals surface area contributed by atoms with Gasteiger partial charge in [0.15, 0.2) is 0 Å². The van der Waals surface area contributed by atoms with Crippen LogP contribution in [0.1, 0.15) is 5.56 Å². The van der Waals surface area contributed by atoms with Gasteiger partial charge in [-0.1, -0.05) is 0 Å². The zero-order chi connectivity index (χ0) is 15.3. The van der Waals surface area contributed by atoms with Crippen LogP contribution in [-0.2, 0) is 16.6 Å². The Morgan fingerprint density at radius 3 is 2.24 bits per heavy atom. The molecule has 7 heteroatoms. The van der Waals surface area contributed by atoms with Gasteiger partial charge in [0.25, 0.3) is 0 Å². The summed E-state index contributed by atoms with van der Waals surface area (Å²) < 4.78 is 24.8. The quantitative estimate of drug-likeness (QED) is 0.745. The number of hydrogen-bond donors (Lipinski definition) is 0. The van der Waals surface area contributed by atoms with Crippen molar-refractivity contribution in [2.24, 2.45) is 0 Å². The van der Waals surface area contributed by atoms with E-state index in [1.54, 1.807) is 14.1 Å². The number of sulfonamides is 1. The molecule has 1 aromatic heterocycles. The summed E-state index contributed by atoms with van der Waals surface area (Å²) in [7, 11) is 0.0821. The second-order valence-electron chi connectivity index (χ2n) is 5.57. The highest BCUT2D eigenvalue weighted by molar-refractivity contribution is 7.89. The van der Waals surface area contributed by atoms with E-state index in [1.165, 1.54) is 9.87 Å². The lowest BCUT2D eigenvalue weighted by atomic mass is 10.2. The summed E-state index contributed by atoms with van der Waals surface area (Å²) in [5.74, 6) is 0.199.